The Labute approximate surface area is 142 Å². The smallest absolute Gasteiger partial charge is 0.122 e. The van der Waals surface area contributed by atoms with Gasteiger partial charge in [-0.05, 0) is 42.5 Å². The molecule has 0 amide bonds. The number of piperazine rings is 1. The van der Waals surface area contributed by atoms with Crippen molar-refractivity contribution in [1.29, 1.82) is 0 Å². The largest absolute Gasteiger partial charge is 0.493 e. The first-order valence-corrected chi connectivity index (χ1v) is 9.09. The lowest BCUT2D eigenvalue weighted by Crippen LogP contribution is -2.46. The van der Waals surface area contributed by atoms with Gasteiger partial charge in [-0.1, -0.05) is 39.8 Å². The van der Waals surface area contributed by atoms with Gasteiger partial charge >= 0.3 is 0 Å². The summed E-state index contributed by atoms with van der Waals surface area (Å²) in [4.78, 5) is 5.08. The average molecular weight is 319 g/mol. The Morgan fingerprint density at radius 2 is 1.70 bits per heavy atom. The minimum atomic E-state index is 0.198. The molecule has 1 fully saturated rings. The summed E-state index contributed by atoms with van der Waals surface area (Å²) in [5.41, 5.74) is 2.81. The lowest BCUT2D eigenvalue weighted by Gasteiger charge is -2.33. The van der Waals surface area contributed by atoms with E-state index in [4.69, 9.17) is 4.74 Å². The molecule has 1 saturated heterocycles. The van der Waals surface area contributed by atoms with E-state index in [0.29, 0.717) is 0 Å². The topological polar surface area (TPSA) is 15.7 Å². The molecule has 2 rings (SSSR count). The van der Waals surface area contributed by atoms with Crippen LogP contribution in [0.15, 0.2) is 18.2 Å². The highest BCUT2D eigenvalue weighted by Gasteiger charge is 2.16. The fourth-order valence-corrected chi connectivity index (χ4v) is 3.08. The van der Waals surface area contributed by atoms with E-state index in [1.165, 1.54) is 43.9 Å². The molecule has 3 heteroatoms. The maximum absolute atomic E-state index is 6.00. The van der Waals surface area contributed by atoms with Gasteiger partial charge in [0.05, 0.1) is 6.61 Å². The third-order valence-corrected chi connectivity index (χ3v) is 4.83. The van der Waals surface area contributed by atoms with Crippen LogP contribution in [0.5, 0.6) is 5.75 Å². The van der Waals surface area contributed by atoms with E-state index >= 15 is 0 Å². The van der Waals surface area contributed by atoms with E-state index in [1.807, 2.05) is 0 Å². The highest BCUT2D eigenvalue weighted by molar-refractivity contribution is 5.38. The first kappa shape index (κ1) is 18.3. The Hall–Kier alpha value is -1.06. The van der Waals surface area contributed by atoms with Crippen LogP contribution < -0.4 is 4.74 Å². The van der Waals surface area contributed by atoms with Crippen molar-refractivity contribution >= 4 is 0 Å². The maximum Gasteiger partial charge on any atom is 0.122 e. The van der Waals surface area contributed by atoms with Crippen molar-refractivity contribution in [2.24, 2.45) is 0 Å². The van der Waals surface area contributed by atoms with Crippen molar-refractivity contribution in [3.63, 3.8) is 0 Å². The Morgan fingerprint density at radius 3 is 2.26 bits per heavy atom. The Morgan fingerprint density at radius 1 is 1.04 bits per heavy atom. The van der Waals surface area contributed by atoms with Crippen LogP contribution >= 0.6 is 0 Å². The normalized spacial score (nSPS) is 17.4. The molecule has 1 aliphatic rings. The molecule has 0 atom stereocenters. The molecule has 0 spiro atoms. The van der Waals surface area contributed by atoms with E-state index in [-0.39, 0.29) is 5.41 Å². The van der Waals surface area contributed by atoms with Crippen LogP contribution in [0.4, 0.5) is 0 Å². The number of benzene rings is 1. The quantitative estimate of drug-likeness (QED) is 0.744. The van der Waals surface area contributed by atoms with Crippen LogP contribution in [0.1, 0.15) is 45.2 Å². The van der Waals surface area contributed by atoms with Gasteiger partial charge in [-0.2, -0.15) is 0 Å². The van der Waals surface area contributed by atoms with Crippen LogP contribution in [0.25, 0.3) is 0 Å². The number of hydrogen-bond donors (Lipinski definition) is 0. The third-order valence-electron chi connectivity index (χ3n) is 4.83. The van der Waals surface area contributed by atoms with Gasteiger partial charge < -0.3 is 14.5 Å². The maximum atomic E-state index is 6.00. The summed E-state index contributed by atoms with van der Waals surface area (Å²) in [6.07, 6.45) is 1.10. The van der Waals surface area contributed by atoms with Crippen molar-refractivity contribution in [3.05, 3.63) is 29.3 Å². The number of hydrogen-bond acceptors (Lipinski definition) is 3. The standard InChI is InChI=1S/C20H34N2O/c1-6-21-11-13-22(14-12-21)10-7-15-23-19-9-8-18(16-17(19)2)20(3,4)5/h8-9,16H,6-7,10-15H2,1-5H3. The highest BCUT2D eigenvalue weighted by Crippen LogP contribution is 2.27. The summed E-state index contributed by atoms with van der Waals surface area (Å²) in [7, 11) is 0. The Bertz CT molecular complexity index is 485. The van der Waals surface area contributed by atoms with Gasteiger partial charge in [0.2, 0.25) is 0 Å². The predicted octanol–water partition coefficient (Wildman–Crippen LogP) is 3.70. The van der Waals surface area contributed by atoms with E-state index in [0.717, 1.165) is 25.3 Å². The van der Waals surface area contributed by atoms with Gasteiger partial charge in [0, 0.05) is 32.7 Å². The van der Waals surface area contributed by atoms with E-state index < -0.39 is 0 Å². The van der Waals surface area contributed by atoms with Crippen molar-refractivity contribution < 1.29 is 4.74 Å². The Kier molecular flexibility index (Phi) is 6.49. The van der Waals surface area contributed by atoms with E-state index in [2.05, 4.69) is 62.6 Å². The Balaban J connectivity index is 1.72. The summed E-state index contributed by atoms with van der Waals surface area (Å²) in [6.45, 7) is 19.1. The molecule has 0 radical (unpaired) electrons. The highest BCUT2D eigenvalue weighted by atomic mass is 16.5. The van der Waals surface area contributed by atoms with E-state index in [9.17, 15) is 0 Å². The number of rotatable bonds is 6. The number of aryl methyl sites for hydroxylation is 1. The van der Waals surface area contributed by atoms with Crippen LogP contribution in [-0.2, 0) is 5.41 Å². The van der Waals surface area contributed by atoms with E-state index in [1.54, 1.807) is 0 Å². The molecule has 3 nitrogen and oxygen atoms in total. The summed E-state index contributed by atoms with van der Waals surface area (Å²) >= 11 is 0. The fraction of sp³-hybridized carbons (Fsp3) is 0.700. The molecule has 0 bridgehead atoms. The van der Waals surface area contributed by atoms with Gasteiger partial charge in [0.15, 0.2) is 0 Å². The van der Waals surface area contributed by atoms with Crippen molar-refractivity contribution in [2.75, 3.05) is 45.9 Å². The van der Waals surface area contributed by atoms with Gasteiger partial charge in [-0.25, -0.2) is 0 Å². The molecule has 0 saturated carbocycles. The summed E-state index contributed by atoms with van der Waals surface area (Å²) in [6, 6.07) is 6.60. The molecule has 1 aliphatic heterocycles. The van der Waals surface area contributed by atoms with Crippen molar-refractivity contribution in [2.45, 2.75) is 46.5 Å². The first-order chi connectivity index (χ1) is 10.9. The molecule has 1 heterocycles. The fourth-order valence-electron chi connectivity index (χ4n) is 3.08. The van der Waals surface area contributed by atoms with Crippen molar-refractivity contribution in [3.8, 4) is 5.75 Å². The molecule has 0 aliphatic carbocycles. The second-order valence-corrected chi connectivity index (χ2v) is 7.71. The number of likely N-dealkylation sites (N-methyl/N-ethyl adjacent to an activating group) is 1. The summed E-state index contributed by atoms with van der Waals surface area (Å²) in [5.74, 6) is 1.04. The average Bonchev–Trinajstić information content (AvgIpc) is 2.52. The van der Waals surface area contributed by atoms with Crippen LogP contribution in [-0.4, -0.2) is 55.7 Å². The van der Waals surface area contributed by atoms with Crippen LogP contribution in [0, 0.1) is 6.92 Å². The zero-order chi connectivity index (χ0) is 16.9. The van der Waals surface area contributed by atoms with Gasteiger partial charge in [0.25, 0.3) is 0 Å². The minimum Gasteiger partial charge on any atom is -0.493 e. The number of ether oxygens (including phenoxy) is 1. The monoisotopic (exact) mass is 318 g/mol. The van der Waals surface area contributed by atoms with Gasteiger partial charge in [-0.3, -0.25) is 0 Å². The zero-order valence-corrected chi connectivity index (χ0v) is 15.7. The predicted molar refractivity (Wildman–Crippen MR) is 98.5 cm³/mol. The van der Waals surface area contributed by atoms with Gasteiger partial charge in [0.1, 0.15) is 5.75 Å². The summed E-state index contributed by atoms with van der Waals surface area (Å²) < 4.78 is 6.00. The molecule has 130 valence electrons. The first-order valence-electron chi connectivity index (χ1n) is 9.09. The second kappa shape index (κ2) is 8.16. The molecule has 23 heavy (non-hydrogen) atoms. The summed E-state index contributed by atoms with van der Waals surface area (Å²) in [5, 5.41) is 0. The van der Waals surface area contributed by atoms with Crippen LogP contribution in [0.2, 0.25) is 0 Å². The lowest BCUT2D eigenvalue weighted by atomic mass is 9.86. The minimum absolute atomic E-state index is 0.198. The van der Waals surface area contributed by atoms with Gasteiger partial charge in [-0.15, -0.1) is 0 Å². The molecule has 1 aromatic carbocycles. The molecule has 0 aromatic heterocycles. The molecule has 0 N–H and O–H groups in total. The lowest BCUT2D eigenvalue weighted by molar-refractivity contribution is 0.130. The van der Waals surface area contributed by atoms with Crippen molar-refractivity contribution in [1.82, 2.24) is 9.80 Å². The zero-order valence-electron chi connectivity index (χ0n) is 15.7. The molecular weight excluding hydrogens is 284 g/mol. The molecular formula is C20H34N2O. The molecule has 0 unspecified atom stereocenters. The molecule has 1 aromatic rings. The van der Waals surface area contributed by atoms with Crippen LogP contribution in [0.3, 0.4) is 0 Å². The second-order valence-electron chi connectivity index (χ2n) is 7.71. The third kappa shape index (κ3) is 5.50. The number of nitrogens with zero attached hydrogens (tertiary/aromatic N) is 2. The SMILES string of the molecule is CCN1CCN(CCCOc2ccc(C(C)(C)C)cc2C)CC1.